The smallest absolute Gasteiger partial charge is 0.188 e. The van der Waals surface area contributed by atoms with Gasteiger partial charge in [-0.2, -0.15) is 5.21 Å². The van der Waals surface area contributed by atoms with Crippen LogP contribution in [0.5, 0.6) is 0 Å². The number of hydroxylamine groups is 1. The van der Waals surface area contributed by atoms with E-state index in [1.165, 1.54) is 7.05 Å². The number of hydrogen-bond acceptors (Lipinski definition) is 13. The van der Waals surface area contributed by atoms with E-state index >= 15 is 0 Å². The molecule has 166 valence electrons. The number of aliphatic hydroxyl groups is 7. The molecule has 10 N–H and O–H groups in total. The molecular weight excluding hydrogens is 388 g/mol. The van der Waals surface area contributed by atoms with Gasteiger partial charge in [0.1, 0.15) is 62.6 Å². The van der Waals surface area contributed by atoms with Crippen LogP contribution >= 0.6 is 0 Å². The van der Waals surface area contributed by atoms with Crippen LogP contribution in [0.25, 0.3) is 0 Å². The van der Waals surface area contributed by atoms with Gasteiger partial charge in [0.2, 0.25) is 0 Å². The first-order chi connectivity index (χ1) is 13.2. The van der Waals surface area contributed by atoms with Crippen molar-refractivity contribution in [1.29, 1.82) is 0 Å². The Kier molecular flexibility index (Phi) is 8.86. The van der Waals surface area contributed by atoms with Gasteiger partial charge >= 0.3 is 0 Å². The zero-order valence-corrected chi connectivity index (χ0v) is 15.1. The van der Waals surface area contributed by atoms with Crippen LogP contribution in [0.2, 0.25) is 0 Å². The molecule has 2 fully saturated rings. The van der Waals surface area contributed by atoms with E-state index in [1.807, 2.05) is 0 Å². The molecule has 2 aliphatic rings. The molecule has 0 aromatic carbocycles. The Morgan fingerprint density at radius 2 is 1.39 bits per heavy atom. The maximum atomic E-state index is 10.4. The molecule has 2 saturated heterocycles. The van der Waals surface area contributed by atoms with Gasteiger partial charge in [-0.15, -0.1) is 10.6 Å². The third-order valence-electron chi connectivity index (χ3n) is 4.54. The first-order valence-electron chi connectivity index (χ1n) is 8.67. The number of aliphatic hydroxyl groups excluding tert-OH is 7. The molecule has 14 heteroatoms. The lowest BCUT2D eigenvalue weighted by Gasteiger charge is -2.45. The standard InChI is InChI=1S/C14H28N2O12/c1-16(24)15-4-25-13-11(23)9(21)12(6(3-18)27-13)28-14-10(22)8(20)7(19)5(2-17)26-14/h5-15,17-24H,2-4H2,1H3/p+1/t5-,6-,7-,8+,9-,10-,11-,12-,13+,14+/m1/s1. The van der Waals surface area contributed by atoms with Crippen LogP contribution in [-0.4, -0.2) is 129 Å². The number of hydrogen-bond donors (Lipinski definition) is 10. The van der Waals surface area contributed by atoms with Gasteiger partial charge in [-0.1, -0.05) is 0 Å². The molecule has 2 rings (SSSR count). The molecule has 1 unspecified atom stereocenters. The predicted octanol–water partition coefficient (Wildman–Crippen LogP) is -7.01. The quantitative estimate of drug-likeness (QED) is 0.131. The normalized spacial score (nSPS) is 45.8. The van der Waals surface area contributed by atoms with Crippen molar-refractivity contribution in [2.75, 3.05) is 27.0 Å². The minimum atomic E-state index is -1.73. The molecule has 0 aromatic rings. The van der Waals surface area contributed by atoms with Crippen LogP contribution < -0.4 is 10.6 Å². The molecule has 0 bridgehead atoms. The summed E-state index contributed by atoms with van der Waals surface area (Å²) in [6.45, 7) is -1.59. The van der Waals surface area contributed by atoms with Crippen molar-refractivity contribution in [3.63, 3.8) is 0 Å². The molecule has 0 radical (unpaired) electrons. The minimum Gasteiger partial charge on any atom is -0.394 e. The number of ether oxygens (including phenoxy) is 4. The van der Waals surface area contributed by atoms with Crippen molar-refractivity contribution < 1.29 is 65.1 Å². The summed E-state index contributed by atoms with van der Waals surface area (Å²) in [5.74, 6) is 0. The average molecular weight is 417 g/mol. The topological polar surface area (TPSA) is 215 Å². The Hall–Kier alpha value is -0.560. The van der Waals surface area contributed by atoms with Gasteiger partial charge in [-0.05, 0) is 0 Å². The summed E-state index contributed by atoms with van der Waals surface area (Å²) in [4.78, 5) is 0. The Labute approximate surface area is 160 Å². The summed E-state index contributed by atoms with van der Waals surface area (Å²) in [6.07, 6.45) is -15.1. The van der Waals surface area contributed by atoms with Crippen molar-refractivity contribution in [2.24, 2.45) is 0 Å². The minimum absolute atomic E-state index is 0.145. The van der Waals surface area contributed by atoms with Crippen LogP contribution in [0.1, 0.15) is 0 Å². The lowest BCUT2D eigenvalue weighted by Crippen LogP contribution is -3.13. The van der Waals surface area contributed by atoms with Gasteiger partial charge < -0.3 is 54.7 Å². The number of nitrogens with one attached hydrogen (secondary N) is 2. The van der Waals surface area contributed by atoms with E-state index in [-0.39, 0.29) is 11.9 Å². The van der Waals surface area contributed by atoms with Crippen LogP contribution in [0.15, 0.2) is 0 Å². The second kappa shape index (κ2) is 10.5. The van der Waals surface area contributed by atoms with Crippen molar-refractivity contribution in [3.8, 4) is 0 Å². The predicted molar refractivity (Wildman–Crippen MR) is 84.2 cm³/mol. The van der Waals surface area contributed by atoms with E-state index < -0.39 is 74.6 Å². The van der Waals surface area contributed by atoms with E-state index in [0.717, 1.165) is 0 Å². The SMILES string of the molecule is C[NH+](O)NCO[C@H]1O[C@H](CO)[C@@H](O[C@@H]2O[C@H](CO)[C@@H](O)[C@H](O)[C@H]2O)[C@H](O)[C@H]1O. The zero-order valence-electron chi connectivity index (χ0n) is 15.1. The molecule has 0 aliphatic carbocycles. The molecule has 11 atom stereocenters. The zero-order chi connectivity index (χ0) is 21.0. The summed E-state index contributed by atoms with van der Waals surface area (Å²) in [5.41, 5.74) is 2.42. The molecule has 14 nitrogen and oxygen atoms in total. The monoisotopic (exact) mass is 417 g/mol. The summed E-state index contributed by atoms with van der Waals surface area (Å²) < 4.78 is 21.1. The van der Waals surface area contributed by atoms with E-state index in [2.05, 4.69) is 5.43 Å². The highest BCUT2D eigenvalue weighted by Crippen LogP contribution is 2.29. The van der Waals surface area contributed by atoms with Gasteiger partial charge in [0.15, 0.2) is 12.6 Å². The molecular formula is C14H29N2O12+. The molecule has 28 heavy (non-hydrogen) atoms. The Bertz CT molecular complexity index is 470. The van der Waals surface area contributed by atoms with Gasteiger partial charge in [-0.25, -0.2) is 0 Å². The van der Waals surface area contributed by atoms with Gasteiger partial charge in [0.05, 0.1) is 13.2 Å². The van der Waals surface area contributed by atoms with Crippen LogP contribution in [0, 0.1) is 0 Å². The maximum absolute atomic E-state index is 10.4. The van der Waals surface area contributed by atoms with Crippen LogP contribution in [0.3, 0.4) is 0 Å². The van der Waals surface area contributed by atoms with Gasteiger partial charge in [0.25, 0.3) is 0 Å². The molecule has 2 aliphatic heterocycles. The summed E-state index contributed by atoms with van der Waals surface area (Å²) in [6, 6.07) is 0. The fourth-order valence-corrected chi connectivity index (χ4v) is 2.92. The average Bonchev–Trinajstić information content (AvgIpc) is 2.66. The third kappa shape index (κ3) is 5.32. The number of quaternary nitrogens is 1. The fourth-order valence-electron chi connectivity index (χ4n) is 2.92. The van der Waals surface area contributed by atoms with E-state index in [0.29, 0.717) is 0 Å². The fraction of sp³-hybridized carbons (Fsp3) is 1.00. The second-order valence-electron chi connectivity index (χ2n) is 6.58. The molecule has 0 spiro atoms. The van der Waals surface area contributed by atoms with Crippen molar-refractivity contribution in [2.45, 2.75) is 61.4 Å². The Morgan fingerprint density at radius 1 is 0.821 bits per heavy atom. The summed E-state index contributed by atoms with van der Waals surface area (Å²) in [5, 5.41) is 77.8. The van der Waals surface area contributed by atoms with Crippen LogP contribution in [0.4, 0.5) is 0 Å². The van der Waals surface area contributed by atoms with E-state index in [9.17, 15) is 35.7 Å². The maximum Gasteiger partial charge on any atom is 0.188 e. The van der Waals surface area contributed by atoms with Crippen molar-refractivity contribution >= 4 is 0 Å². The molecule has 0 aromatic heterocycles. The number of rotatable bonds is 8. The van der Waals surface area contributed by atoms with Crippen molar-refractivity contribution in [3.05, 3.63) is 0 Å². The lowest BCUT2D eigenvalue weighted by molar-refractivity contribution is -1.11. The second-order valence-corrected chi connectivity index (χ2v) is 6.58. The summed E-state index contributed by atoms with van der Waals surface area (Å²) in [7, 11) is 1.36. The van der Waals surface area contributed by atoms with Crippen molar-refractivity contribution in [1.82, 2.24) is 5.43 Å². The molecule has 0 amide bonds. The lowest BCUT2D eigenvalue weighted by atomic mass is 9.97. The Morgan fingerprint density at radius 3 is 1.96 bits per heavy atom. The van der Waals surface area contributed by atoms with E-state index in [4.69, 9.17) is 24.2 Å². The molecule has 2 heterocycles. The Balaban J connectivity index is 2.04. The highest BCUT2D eigenvalue weighted by atomic mass is 16.7. The van der Waals surface area contributed by atoms with Gasteiger partial charge in [0, 0.05) is 0 Å². The first kappa shape index (κ1) is 23.7. The molecule has 0 saturated carbocycles. The van der Waals surface area contributed by atoms with Gasteiger partial charge in [-0.3, -0.25) is 0 Å². The highest BCUT2D eigenvalue weighted by Gasteiger charge is 2.50. The third-order valence-corrected chi connectivity index (χ3v) is 4.54. The summed E-state index contributed by atoms with van der Waals surface area (Å²) >= 11 is 0. The largest absolute Gasteiger partial charge is 0.394 e. The van der Waals surface area contributed by atoms with Crippen LogP contribution in [-0.2, 0) is 18.9 Å². The van der Waals surface area contributed by atoms with E-state index in [1.54, 1.807) is 0 Å². The highest BCUT2D eigenvalue weighted by molar-refractivity contribution is 4.93. The first-order valence-corrected chi connectivity index (χ1v) is 8.67.